The van der Waals surface area contributed by atoms with Crippen LogP contribution in [0.4, 0.5) is 0 Å². The molecule has 17 heavy (non-hydrogen) atoms. The maximum atomic E-state index is 8.67. The second-order valence-corrected chi connectivity index (χ2v) is 3.93. The number of aromatic nitrogens is 3. The van der Waals surface area contributed by atoms with Gasteiger partial charge in [-0.3, -0.25) is 0 Å². The monoisotopic (exact) mass is 247 g/mol. The number of nitrogens with zero attached hydrogens (tertiary/aromatic N) is 4. The highest BCUT2D eigenvalue weighted by atomic mass is 32.2. The maximum absolute atomic E-state index is 8.67. The summed E-state index contributed by atoms with van der Waals surface area (Å²) >= 11 is 1.25. The molecule has 0 spiro atoms. The van der Waals surface area contributed by atoms with Gasteiger partial charge in [0.25, 0.3) is 0 Å². The SMILES string of the molecule is N/C(=N\O)c1cccnc1Sc1ncccn1. The molecule has 0 aromatic carbocycles. The van der Waals surface area contributed by atoms with E-state index in [9.17, 15) is 0 Å². The summed E-state index contributed by atoms with van der Waals surface area (Å²) < 4.78 is 0. The third kappa shape index (κ3) is 2.70. The Hall–Kier alpha value is -2.15. The minimum Gasteiger partial charge on any atom is -0.409 e. The van der Waals surface area contributed by atoms with Gasteiger partial charge < -0.3 is 10.9 Å². The molecule has 0 amide bonds. The molecule has 0 aliphatic carbocycles. The number of nitrogens with two attached hydrogens (primary N) is 1. The normalized spacial score (nSPS) is 11.4. The van der Waals surface area contributed by atoms with E-state index in [2.05, 4.69) is 20.1 Å². The Morgan fingerprint density at radius 1 is 1.18 bits per heavy atom. The first-order valence-corrected chi connectivity index (χ1v) is 5.50. The molecule has 0 aliphatic heterocycles. The highest BCUT2D eigenvalue weighted by Gasteiger charge is 2.10. The topological polar surface area (TPSA) is 97.3 Å². The maximum Gasteiger partial charge on any atom is 0.193 e. The van der Waals surface area contributed by atoms with Crippen LogP contribution >= 0.6 is 11.8 Å². The largest absolute Gasteiger partial charge is 0.409 e. The van der Waals surface area contributed by atoms with E-state index in [1.165, 1.54) is 11.8 Å². The molecule has 0 bridgehead atoms. The zero-order valence-corrected chi connectivity index (χ0v) is 9.50. The summed E-state index contributed by atoms with van der Waals surface area (Å²) in [5, 5.41) is 12.8. The average molecular weight is 247 g/mol. The van der Waals surface area contributed by atoms with Crippen LogP contribution in [0.15, 0.2) is 52.1 Å². The predicted molar refractivity (Wildman–Crippen MR) is 62.9 cm³/mol. The van der Waals surface area contributed by atoms with Crippen molar-refractivity contribution in [1.29, 1.82) is 0 Å². The Kier molecular flexibility index (Phi) is 3.51. The minimum atomic E-state index is 0.0107. The number of pyridine rings is 1. The summed E-state index contributed by atoms with van der Waals surface area (Å²) in [5.74, 6) is 0.0107. The second-order valence-electron chi connectivity index (χ2n) is 2.97. The van der Waals surface area contributed by atoms with E-state index in [0.717, 1.165) is 0 Å². The standard InChI is InChI=1S/C10H9N5OS/c11-8(15-16)7-3-1-4-12-9(7)17-10-13-5-2-6-14-10/h1-6,16H,(H2,11,15). The number of oxime groups is 1. The van der Waals surface area contributed by atoms with Crippen molar-refractivity contribution in [3.05, 3.63) is 42.4 Å². The van der Waals surface area contributed by atoms with E-state index in [-0.39, 0.29) is 5.84 Å². The van der Waals surface area contributed by atoms with Crippen LogP contribution in [0.5, 0.6) is 0 Å². The summed E-state index contributed by atoms with van der Waals surface area (Å²) in [7, 11) is 0. The highest BCUT2D eigenvalue weighted by Crippen LogP contribution is 2.24. The molecule has 0 saturated carbocycles. The van der Waals surface area contributed by atoms with Crippen LogP contribution in [-0.4, -0.2) is 26.0 Å². The molecule has 7 heteroatoms. The number of hydrogen-bond donors (Lipinski definition) is 2. The lowest BCUT2D eigenvalue weighted by Crippen LogP contribution is -2.14. The lowest BCUT2D eigenvalue weighted by Gasteiger charge is -2.04. The Morgan fingerprint density at radius 3 is 2.59 bits per heavy atom. The van der Waals surface area contributed by atoms with Crippen LogP contribution in [0.2, 0.25) is 0 Å². The van der Waals surface area contributed by atoms with Crippen molar-refractivity contribution in [2.24, 2.45) is 10.9 Å². The average Bonchev–Trinajstić information content (AvgIpc) is 2.40. The molecule has 0 saturated heterocycles. The van der Waals surface area contributed by atoms with E-state index in [0.29, 0.717) is 15.7 Å². The van der Waals surface area contributed by atoms with Crippen molar-refractivity contribution < 1.29 is 5.21 Å². The van der Waals surface area contributed by atoms with Crippen LogP contribution in [0.25, 0.3) is 0 Å². The smallest absolute Gasteiger partial charge is 0.193 e. The molecule has 3 N–H and O–H groups in total. The van der Waals surface area contributed by atoms with Gasteiger partial charge in [-0.2, -0.15) is 0 Å². The molecule has 2 aromatic rings. The fourth-order valence-corrected chi connectivity index (χ4v) is 1.94. The van der Waals surface area contributed by atoms with Gasteiger partial charge in [-0.1, -0.05) is 5.16 Å². The fourth-order valence-electron chi connectivity index (χ4n) is 1.15. The third-order valence-electron chi connectivity index (χ3n) is 1.88. The van der Waals surface area contributed by atoms with Gasteiger partial charge in [0, 0.05) is 18.6 Å². The van der Waals surface area contributed by atoms with Gasteiger partial charge in [0.2, 0.25) is 0 Å². The lowest BCUT2D eigenvalue weighted by molar-refractivity contribution is 0.318. The van der Waals surface area contributed by atoms with Gasteiger partial charge in [0.05, 0.1) is 5.56 Å². The first-order valence-electron chi connectivity index (χ1n) is 4.69. The summed E-state index contributed by atoms with van der Waals surface area (Å²) in [5.41, 5.74) is 6.10. The summed E-state index contributed by atoms with van der Waals surface area (Å²) in [6.07, 6.45) is 4.91. The molecular formula is C10H9N5OS. The van der Waals surface area contributed by atoms with Crippen molar-refractivity contribution >= 4 is 17.6 Å². The highest BCUT2D eigenvalue weighted by molar-refractivity contribution is 7.99. The second kappa shape index (κ2) is 5.26. The Balaban J connectivity index is 2.33. The van der Waals surface area contributed by atoms with Crippen molar-refractivity contribution in [3.63, 3.8) is 0 Å². The van der Waals surface area contributed by atoms with E-state index in [1.807, 2.05) is 0 Å². The number of rotatable bonds is 3. The molecule has 2 rings (SSSR count). The van der Waals surface area contributed by atoms with Crippen LogP contribution in [0, 0.1) is 0 Å². The summed E-state index contributed by atoms with van der Waals surface area (Å²) in [6, 6.07) is 5.16. The molecule has 0 unspecified atom stereocenters. The zero-order chi connectivity index (χ0) is 12.1. The number of hydrogen-bond acceptors (Lipinski definition) is 6. The van der Waals surface area contributed by atoms with Crippen LogP contribution < -0.4 is 5.73 Å². The first-order chi connectivity index (χ1) is 8.31. The van der Waals surface area contributed by atoms with Gasteiger partial charge in [0.15, 0.2) is 11.0 Å². The van der Waals surface area contributed by atoms with Gasteiger partial charge in [0.1, 0.15) is 5.03 Å². The quantitative estimate of drug-likeness (QED) is 0.277. The Bertz CT molecular complexity index is 531. The van der Waals surface area contributed by atoms with Crippen molar-refractivity contribution in [1.82, 2.24) is 15.0 Å². The molecule has 86 valence electrons. The summed E-state index contributed by atoms with van der Waals surface area (Å²) in [6.45, 7) is 0. The van der Waals surface area contributed by atoms with Gasteiger partial charge in [-0.15, -0.1) is 0 Å². The van der Waals surface area contributed by atoms with Crippen molar-refractivity contribution in [2.45, 2.75) is 10.2 Å². The summed E-state index contributed by atoms with van der Waals surface area (Å²) in [4.78, 5) is 12.3. The van der Waals surface area contributed by atoms with Crippen LogP contribution in [0.3, 0.4) is 0 Å². The van der Waals surface area contributed by atoms with E-state index in [1.54, 1.807) is 36.8 Å². The van der Waals surface area contributed by atoms with E-state index < -0.39 is 0 Å². The fraction of sp³-hybridized carbons (Fsp3) is 0. The van der Waals surface area contributed by atoms with Crippen molar-refractivity contribution in [2.75, 3.05) is 0 Å². The predicted octanol–water partition coefficient (Wildman–Crippen LogP) is 1.12. The molecule has 2 heterocycles. The zero-order valence-electron chi connectivity index (χ0n) is 8.69. The molecule has 2 aromatic heterocycles. The molecular weight excluding hydrogens is 238 g/mol. The number of amidine groups is 1. The van der Waals surface area contributed by atoms with Gasteiger partial charge in [-0.05, 0) is 30.0 Å². The Labute approximate surface area is 102 Å². The van der Waals surface area contributed by atoms with E-state index >= 15 is 0 Å². The molecule has 0 atom stereocenters. The van der Waals surface area contributed by atoms with Crippen molar-refractivity contribution in [3.8, 4) is 0 Å². The van der Waals surface area contributed by atoms with Gasteiger partial charge in [-0.25, -0.2) is 15.0 Å². The van der Waals surface area contributed by atoms with Crippen LogP contribution in [-0.2, 0) is 0 Å². The minimum absolute atomic E-state index is 0.0107. The third-order valence-corrected chi connectivity index (χ3v) is 2.80. The molecule has 0 fully saturated rings. The van der Waals surface area contributed by atoms with E-state index in [4.69, 9.17) is 10.9 Å². The first kappa shape index (κ1) is 11.3. The molecule has 6 nitrogen and oxygen atoms in total. The molecule has 0 radical (unpaired) electrons. The lowest BCUT2D eigenvalue weighted by atomic mass is 10.3. The van der Waals surface area contributed by atoms with Crippen LogP contribution in [0.1, 0.15) is 5.56 Å². The van der Waals surface area contributed by atoms with Gasteiger partial charge >= 0.3 is 0 Å². The molecule has 0 aliphatic rings. The Morgan fingerprint density at radius 2 is 1.88 bits per heavy atom.